The average molecular weight is 361 g/mol. The lowest BCUT2D eigenvalue weighted by atomic mass is 10.2. The van der Waals surface area contributed by atoms with Crippen LogP contribution in [0.1, 0.15) is 15.9 Å². The lowest BCUT2D eigenvalue weighted by molar-refractivity contribution is -0.384. The predicted octanol–water partition coefficient (Wildman–Crippen LogP) is 3.69. The molecule has 8 heteroatoms. The van der Waals surface area contributed by atoms with E-state index in [9.17, 15) is 19.7 Å². The minimum atomic E-state index is -0.609. The molecule has 0 aromatic heterocycles. The zero-order valence-electron chi connectivity index (χ0n) is 13.1. The van der Waals surface area contributed by atoms with Gasteiger partial charge in [0.05, 0.1) is 22.6 Å². The van der Waals surface area contributed by atoms with Gasteiger partial charge in [-0.1, -0.05) is 11.6 Å². The largest absolute Gasteiger partial charge is 0.465 e. The molecule has 2 rings (SSSR count). The molecule has 0 radical (unpaired) electrons. The molecule has 0 spiro atoms. The highest BCUT2D eigenvalue weighted by molar-refractivity contribution is 6.33. The Bertz CT molecular complexity index is 847. The molecule has 25 heavy (non-hydrogen) atoms. The number of nitrogens with one attached hydrogen (secondary N) is 1. The summed E-state index contributed by atoms with van der Waals surface area (Å²) < 4.78 is 4.61. The number of nitro groups is 1. The molecule has 0 fully saturated rings. The normalized spacial score (nSPS) is 10.5. The van der Waals surface area contributed by atoms with E-state index in [0.29, 0.717) is 11.3 Å². The summed E-state index contributed by atoms with van der Waals surface area (Å²) in [5, 5.41) is 13.4. The molecule has 0 unspecified atom stereocenters. The molecule has 0 atom stereocenters. The van der Waals surface area contributed by atoms with Crippen LogP contribution in [0, 0.1) is 10.1 Å². The van der Waals surface area contributed by atoms with Crippen LogP contribution in [0.2, 0.25) is 5.02 Å². The molecule has 2 aromatic carbocycles. The van der Waals surface area contributed by atoms with Gasteiger partial charge in [0, 0.05) is 23.9 Å². The van der Waals surface area contributed by atoms with Gasteiger partial charge in [-0.3, -0.25) is 14.9 Å². The highest BCUT2D eigenvalue weighted by Gasteiger charge is 2.12. The number of nitrogens with zero attached hydrogens (tertiary/aromatic N) is 1. The predicted molar refractivity (Wildman–Crippen MR) is 93.6 cm³/mol. The number of hydrogen-bond donors (Lipinski definition) is 1. The topological polar surface area (TPSA) is 98.5 Å². The summed E-state index contributed by atoms with van der Waals surface area (Å²) in [7, 11) is 1.23. The van der Waals surface area contributed by atoms with Gasteiger partial charge in [0.25, 0.3) is 5.69 Å². The van der Waals surface area contributed by atoms with Crippen LogP contribution in [0.25, 0.3) is 6.08 Å². The van der Waals surface area contributed by atoms with Crippen molar-refractivity contribution in [1.29, 1.82) is 0 Å². The minimum absolute atomic E-state index is 0.0295. The molecule has 0 aliphatic rings. The van der Waals surface area contributed by atoms with E-state index in [0.717, 1.165) is 0 Å². The van der Waals surface area contributed by atoms with Crippen molar-refractivity contribution in [3.05, 3.63) is 74.8 Å². The maximum atomic E-state index is 11.9. The van der Waals surface area contributed by atoms with Gasteiger partial charge in [0.15, 0.2) is 0 Å². The molecule has 7 nitrogen and oxygen atoms in total. The minimum Gasteiger partial charge on any atom is -0.465 e. The second-order valence-corrected chi connectivity index (χ2v) is 5.26. The number of nitro benzene ring substituents is 1. The van der Waals surface area contributed by atoms with Gasteiger partial charge in [-0.05, 0) is 42.0 Å². The van der Waals surface area contributed by atoms with Gasteiger partial charge in [-0.2, -0.15) is 0 Å². The smallest absolute Gasteiger partial charge is 0.339 e. The number of esters is 1. The van der Waals surface area contributed by atoms with Crippen molar-refractivity contribution in [3.63, 3.8) is 0 Å². The Morgan fingerprint density at radius 1 is 1.20 bits per heavy atom. The molecule has 0 bridgehead atoms. The van der Waals surface area contributed by atoms with Gasteiger partial charge < -0.3 is 10.1 Å². The average Bonchev–Trinajstić information content (AvgIpc) is 2.61. The number of amides is 1. The summed E-state index contributed by atoms with van der Waals surface area (Å²) in [4.78, 5) is 33.6. The van der Waals surface area contributed by atoms with Crippen LogP contribution < -0.4 is 5.32 Å². The number of methoxy groups -OCH3 is 1. The van der Waals surface area contributed by atoms with Crippen molar-refractivity contribution >= 4 is 40.9 Å². The van der Waals surface area contributed by atoms with Crippen LogP contribution in [0.15, 0.2) is 48.5 Å². The van der Waals surface area contributed by atoms with Gasteiger partial charge in [-0.15, -0.1) is 0 Å². The number of rotatable bonds is 5. The summed E-state index contributed by atoms with van der Waals surface area (Å²) in [6, 6.07) is 10.2. The van der Waals surface area contributed by atoms with Crippen LogP contribution in [0.3, 0.4) is 0 Å². The van der Waals surface area contributed by atoms with Crippen LogP contribution >= 0.6 is 11.6 Å². The quantitative estimate of drug-likeness (QED) is 0.379. The zero-order chi connectivity index (χ0) is 18.4. The molecule has 1 amide bonds. The molecule has 2 aromatic rings. The Labute approximate surface area is 148 Å². The number of carbonyl (C=O) groups is 2. The highest BCUT2D eigenvalue weighted by atomic mass is 35.5. The SMILES string of the molecule is COC(=O)c1cc(NC(=O)C=Cc2ccc([N+](=O)[O-])cc2)ccc1Cl. The molecule has 0 aliphatic carbocycles. The molecule has 0 saturated heterocycles. The fourth-order valence-corrected chi connectivity index (χ4v) is 2.13. The van der Waals surface area contributed by atoms with Crippen molar-refractivity contribution in [2.45, 2.75) is 0 Å². The van der Waals surface area contributed by atoms with Crippen LogP contribution in [0.5, 0.6) is 0 Å². The fourth-order valence-electron chi connectivity index (χ4n) is 1.93. The number of hydrogen-bond acceptors (Lipinski definition) is 5. The Kier molecular flexibility index (Phi) is 5.86. The standard InChI is InChI=1S/C17H13ClN2O5/c1-25-17(22)14-10-12(5-8-15(14)18)19-16(21)9-4-11-2-6-13(7-3-11)20(23)24/h2-10H,1H3,(H,19,21). The third-order valence-electron chi connectivity index (χ3n) is 3.17. The summed E-state index contributed by atoms with van der Waals surface area (Å²) in [5.74, 6) is -1.04. The van der Waals surface area contributed by atoms with E-state index in [1.54, 1.807) is 6.07 Å². The number of halogens is 1. The van der Waals surface area contributed by atoms with Gasteiger partial charge in [0.1, 0.15) is 0 Å². The number of ether oxygens (including phenoxy) is 1. The molecule has 128 valence electrons. The van der Waals surface area contributed by atoms with Crippen molar-refractivity contribution in [2.24, 2.45) is 0 Å². The molecule has 0 heterocycles. The lowest BCUT2D eigenvalue weighted by Gasteiger charge is -2.06. The number of anilines is 1. The third kappa shape index (κ3) is 4.89. The van der Waals surface area contributed by atoms with Gasteiger partial charge in [-0.25, -0.2) is 4.79 Å². The second kappa shape index (κ2) is 8.07. The maximum Gasteiger partial charge on any atom is 0.339 e. The number of benzene rings is 2. The highest BCUT2D eigenvalue weighted by Crippen LogP contribution is 2.21. The van der Waals surface area contributed by atoms with E-state index in [1.165, 1.54) is 55.7 Å². The zero-order valence-corrected chi connectivity index (χ0v) is 13.8. The fraction of sp³-hybridized carbons (Fsp3) is 0.0588. The second-order valence-electron chi connectivity index (χ2n) is 4.86. The van der Waals surface area contributed by atoms with E-state index < -0.39 is 16.8 Å². The number of non-ortho nitro benzene ring substituents is 1. The van der Waals surface area contributed by atoms with Crippen LogP contribution in [-0.2, 0) is 9.53 Å². The van der Waals surface area contributed by atoms with Gasteiger partial charge >= 0.3 is 5.97 Å². The number of carbonyl (C=O) groups excluding carboxylic acids is 2. The first-order chi connectivity index (χ1) is 11.9. The van der Waals surface area contributed by atoms with Crippen molar-refractivity contribution in [3.8, 4) is 0 Å². The first kappa shape index (κ1) is 18.2. The molecule has 0 saturated carbocycles. The molecule has 0 aliphatic heterocycles. The summed E-state index contributed by atoms with van der Waals surface area (Å²) in [6.45, 7) is 0. The first-order valence-corrected chi connectivity index (χ1v) is 7.40. The Hall–Kier alpha value is -3.19. The Balaban J connectivity index is 2.07. The molecular formula is C17H13ClN2O5. The Morgan fingerprint density at radius 3 is 2.48 bits per heavy atom. The first-order valence-electron chi connectivity index (χ1n) is 7.02. The van der Waals surface area contributed by atoms with Gasteiger partial charge in [0.2, 0.25) is 5.91 Å². The van der Waals surface area contributed by atoms with Crippen molar-refractivity contribution in [2.75, 3.05) is 12.4 Å². The molecule has 1 N–H and O–H groups in total. The summed E-state index contributed by atoms with van der Waals surface area (Å²) >= 11 is 5.91. The van der Waals surface area contributed by atoms with E-state index in [1.807, 2.05) is 0 Å². The third-order valence-corrected chi connectivity index (χ3v) is 3.50. The van der Waals surface area contributed by atoms with Crippen molar-refractivity contribution < 1.29 is 19.2 Å². The molecular weight excluding hydrogens is 348 g/mol. The van der Waals surface area contributed by atoms with E-state index in [2.05, 4.69) is 10.1 Å². The van der Waals surface area contributed by atoms with E-state index in [4.69, 9.17) is 11.6 Å². The summed E-state index contributed by atoms with van der Waals surface area (Å²) in [5.41, 5.74) is 1.12. The van der Waals surface area contributed by atoms with E-state index in [-0.39, 0.29) is 16.3 Å². The maximum absolute atomic E-state index is 11.9. The van der Waals surface area contributed by atoms with Crippen molar-refractivity contribution in [1.82, 2.24) is 0 Å². The monoisotopic (exact) mass is 360 g/mol. The lowest BCUT2D eigenvalue weighted by Crippen LogP contribution is -2.09. The Morgan fingerprint density at radius 2 is 1.88 bits per heavy atom. The summed E-state index contributed by atoms with van der Waals surface area (Å²) in [6.07, 6.45) is 2.78. The van der Waals surface area contributed by atoms with Crippen LogP contribution in [-0.4, -0.2) is 23.9 Å². The van der Waals surface area contributed by atoms with Crippen LogP contribution in [0.4, 0.5) is 11.4 Å². The van der Waals surface area contributed by atoms with E-state index >= 15 is 0 Å².